The Morgan fingerprint density at radius 2 is 2.21 bits per heavy atom. The van der Waals surface area contributed by atoms with Crippen molar-refractivity contribution in [2.75, 3.05) is 25.1 Å². The van der Waals surface area contributed by atoms with Gasteiger partial charge in [0, 0.05) is 23.8 Å². The summed E-state index contributed by atoms with van der Waals surface area (Å²) in [6.45, 7) is 3.39. The van der Waals surface area contributed by atoms with Crippen LogP contribution in [-0.4, -0.2) is 20.2 Å². The molecule has 0 atom stereocenters. The number of nitrogens with zero attached hydrogens (tertiary/aromatic N) is 1. The zero-order valence-corrected chi connectivity index (χ0v) is 10.0. The highest BCUT2D eigenvalue weighted by Gasteiger charge is 2.02. The first-order chi connectivity index (χ1) is 6.65. The lowest BCUT2D eigenvalue weighted by Crippen LogP contribution is -2.23. The van der Waals surface area contributed by atoms with Crippen molar-refractivity contribution < 1.29 is 4.84 Å². The molecule has 0 spiro atoms. The minimum atomic E-state index is 0.533. The third-order valence-electron chi connectivity index (χ3n) is 2.13. The van der Waals surface area contributed by atoms with Crippen LogP contribution in [0.5, 0.6) is 0 Å². The largest absolute Gasteiger partial charge is 0.372 e. The van der Waals surface area contributed by atoms with Crippen LogP contribution in [0.3, 0.4) is 0 Å². The Balaban J connectivity index is 2.70. The lowest BCUT2D eigenvalue weighted by Gasteiger charge is -2.19. The van der Waals surface area contributed by atoms with E-state index < -0.39 is 0 Å². The van der Waals surface area contributed by atoms with Gasteiger partial charge in [-0.3, -0.25) is 0 Å². The fourth-order valence-electron chi connectivity index (χ4n) is 1.19. The van der Waals surface area contributed by atoms with E-state index in [-0.39, 0.29) is 0 Å². The maximum atomic E-state index is 4.97. The molecule has 0 amide bonds. The zero-order chi connectivity index (χ0) is 10.6. The molecular weight excluding hydrogens is 244 g/mol. The number of halogens is 1. The number of benzene rings is 1. The van der Waals surface area contributed by atoms with Crippen molar-refractivity contribution in [1.82, 2.24) is 0 Å². The van der Waals surface area contributed by atoms with Crippen molar-refractivity contribution in [2.24, 2.45) is 5.90 Å². The topological polar surface area (TPSA) is 38.5 Å². The Kier molecular flexibility index (Phi) is 4.38. The van der Waals surface area contributed by atoms with Gasteiger partial charge < -0.3 is 9.74 Å². The van der Waals surface area contributed by atoms with Crippen molar-refractivity contribution in [1.29, 1.82) is 0 Å². The van der Waals surface area contributed by atoms with Crippen LogP contribution in [0.2, 0.25) is 0 Å². The van der Waals surface area contributed by atoms with Crippen molar-refractivity contribution in [3.63, 3.8) is 0 Å². The smallest absolute Gasteiger partial charge is 0.0854 e. The molecule has 0 aliphatic carbocycles. The average molecular weight is 259 g/mol. The van der Waals surface area contributed by atoms with Crippen molar-refractivity contribution >= 4 is 21.6 Å². The van der Waals surface area contributed by atoms with Crippen molar-refractivity contribution in [2.45, 2.75) is 6.92 Å². The summed E-state index contributed by atoms with van der Waals surface area (Å²) in [5.74, 6) is 4.97. The summed E-state index contributed by atoms with van der Waals surface area (Å²) in [6, 6.07) is 6.23. The molecule has 1 rings (SSSR count). The van der Waals surface area contributed by atoms with Gasteiger partial charge in [-0.2, -0.15) is 0 Å². The molecule has 0 aliphatic heterocycles. The minimum Gasteiger partial charge on any atom is -0.372 e. The Hall–Kier alpha value is -0.580. The lowest BCUT2D eigenvalue weighted by molar-refractivity contribution is 0.145. The average Bonchev–Trinajstić information content (AvgIpc) is 2.18. The number of rotatable bonds is 4. The molecule has 2 N–H and O–H groups in total. The summed E-state index contributed by atoms with van der Waals surface area (Å²) in [5, 5.41) is 0. The number of hydrogen-bond acceptors (Lipinski definition) is 3. The van der Waals surface area contributed by atoms with Gasteiger partial charge in [-0.25, -0.2) is 5.90 Å². The number of nitrogens with two attached hydrogens (primary N) is 1. The first kappa shape index (κ1) is 11.5. The van der Waals surface area contributed by atoms with Crippen LogP contribution < -0.4 is 10.8 Å². The Labute approximate surface area is 92.9 Å². The highest BCUT2D eigenvalue weighted by atomic mass is 79.9. The first-order valence-corrected chi connectivity index (χ1v) is 5.23. The van der Waals surface area contributed by atoms with Gasteiger partial charge in [-0.05, 0) is 30.7 Å². The highest BCUT2D eigenvalue weighted by Crippen LogP contribution is 2.21. The van der Waals surface area contributed by atoms with E-state index in [1.54, 1.807) is 0 Å². The fourth-order valence-corrected chi connectivity index (χ4v) is 1.43. The highest BCUT2D eigenvalue weighted by molar-refractivity contribution is 9.10. The van der Waals surface area contributed by atoms with E-state index in [9.17, 15) is 0 Å². The van der Waals surface area contributed by atoms with Crippen LogP contribution in [0.4, 0.5) is 5.69 Å². The second kappa shape index (κ2) is 5.34. The summed E-state index contributed by atoms with van der Waals surface area (Å²) >= 11 is 3.47. The van der Waals surface area contributed by atoms with Gasteiger partial charge in [0.05, 0.1) is 6.61 Å². The molecule has 0 bridgehead atoms. The molecule has 0 saturated heterocycles. The monoisotopic (exact) mass is 258 g/mol. The Bertz CT molecular complexity index is 304. The lowest BCUT2D eigenvalue weighted by atomic mass is 10.2. The van der Waals surface area contributed by atoms with Gasteiger partial charge in [-0.15, -0.1) is 0 Å². The molecule has 0 heterocycles. The minimum absolute atomic E-state index is 0.533. The van der Waals surface area contributed by atoms with Crippen LogP contribution in [0.15, 0.2) is 22.7 Å². The van der Waals surface area contributed by atoms with Crippen LogP contribution in [-0.2, 0) is 4.84 Å². The molecule has 0 unspecified atom stereocenters. The molecule has 3 nitrogen and oxygen atoms in total. The van der Waals surface area contributed by atoms with Crippen LogP contribution in [0.1, 0.15) is 5.56 Å². The maximum Gasteiger partial charge on any atom is 0.0854 e. The van der Waals surface area contributed by atoms with E-state index in [2.05, 4.69) is 44.7 Å². The zero-order valence-electron chi connectivity index (χ0n) is 8.46. The van der Waals surface area contributed by atoms with Crippen LogP contribution in [0.25, 0.3) is 0 Å². The molecule has 1 aromatic rings. The molecule has 78 valence electrons. The molecule has 4 heteroatoms. The maximum absolute atomic E-state index is 4.97. The summed E-state index contributed by atoms with van der Waals surface area (Å²) in [7, 11) is 2.02. The molecule has 1 aromatic carbocycles. The van der Waals surface area contributed by atoms with Gasteiger partial charge >= 0.3 is 0 Å². The predicted molar refractivity (Wildman–Crippen MR) is 62.3 cm³/mol. The molecule has 0 radical (unpaired) electrons. The van der Waals surface area contributed by atoms with Gasteiger partial charge in [0.1, 0.15) is 0 Å². The molecule has 0 aromatic heterocycles. The predicted octanol–water partition coefficient (Wildman–Crippen LogP) is 2.08. The van der Waals surface area contributed by atoms with Gasteiger partial charge in [0.15, 0.2) is 0 Å². The number of anilines is 1. The second-order valence-electron chi connectivity index (χ2n) is 3.23. The number of likely N-dealkylation sites (N-methyl/N-ethyl adjacent to an activating group) is 1. The number of aryl methyl sites for hydroxylation is 1. The second-order valence-corrected chi connectivity index (χ2v) is 4.08. The third-order valence-corrected chi connectivity index (χ3v) is 3.02. The molecule has 0 saturated carbocycles. The molecule has 14 heavy (non-hydrogen) atoms. The summed E-state index contributed by atoms with van der Waals surface area (Å²) < 4.78 is 1.13. The standard InChI is InChI=1S/C10H15BrN2O/c1-8-7-9(3-4-10(8)11)13(2)5-6-14-12/h3-4,7H,5-6,12H2,1-2H3. The first-order valence-electron chi connectivity index (χ1n) is 4.44. The van der Waals surface area contributed by atoms with Crippen LogP contribution in [0, 0.1) is 6.92 Å². The van der Waals surface area contributed by atoms with Crippen LogP contribution >= 0.6 is 15.9 Å². The van der Waals surface area contributed by atoms with Gasteiger partial charge in [0.25, 0.3) is 0 Å². The van der Waals surface area contributed by atoms with E-state index in [4.69, 9.17) is 5.90 Å². The molecule has 0 aliphatic rings. The molecular formula is C10H15BrN2O. The van der Waals surface area contributed by atoms with E-state index >= 15 is 0 Å². The fraction of sp³-hybridized carbons (Fsp3) is 0.400. The molecule has 0 fully saturated rings. The summed E-state index contributed by atoms with van der Waals surface area (Å²) in [5.41, 5.74) is 2.39. The van der Waals surface area contributed by atoms with E-state index in [1.165, 1.54) is 11.3 Å². The van der Waals surface area contributed by atoms with Crippen molar-refractivity contribution in [3.05, 3.63) is 28.2 Å². The van der Waals surface area contributed by atoms with Gasteiger partial charge in [0.2, 0.25) is 0 Å². The number of hydrogen-bond donors (Lipinski definition) is 1. The summed E-state index contributed by atoms with van der Waals surface area (Å²) in [4.78, 5) is 6.64. The van der Waals surface area contributed by atoms with E-state index in [1.807, 2.05) is 13.1 Å². The van der Waals surface area contributed by atoms with E-state index in [0.29, 0.717) is 6.61 Å². The van der Waals surface area contributed by atoms with Gasteiger partial charge in [-0.1, -0.05) is 15.9 Å². The third kappa shape index (κ3) is 2.97. The normalized spacial score (nSPS) is 10.3. The SMILES string of the molecule is Cc1cc(N(C)CCON)ccc1Br. The quantitative estimate of drug-likeness (QED) is 0.841. The van der Waals surface area contributed by atoms with E-state index in [0.717, 1.165) is 11.0 Å². The summed E-state index contributed by atoms with van der Waals surface area (Å²) in [6.07, 6.45) is 0. The van der Waals surface area contributed by atoms with Crippen molar-refractivity contribution in [3.8, 4) is 0 Å². The Morgan fingerprint density at radius 3 is 2.79 bits per heavy atom. The Morgan fingerprint density at radius 1 is 1.50 bits per heavy atom.